The molecule has 0 amide bonds. The molecule has 46 heavy (non-hydrogen) atoms. The van der Waals surface area contributed by atoms with Crippen LogP contribution in [0.5, 0.6) is 11.6 Å². The van der Waals surface area contributed by atoms with Gasteiger partial charge in [0.25, 0.3) is 12.1 Å². The Hall–Kier alpha value is -2.83. The Kier molecular flexibility index (Phi) is 14.0. The molecule has 2 heterocycles. The summed E-state index contributed by atoms with van der Waals surface area (Å²) in [6, 6.07) is 17.2. The largest absolute Gasteiger partial charge is 1.00 e. The second-order valence-electron chi connectivity index (χ2n) is 12.5. The molecule has 8 nitrogen and oxygen atoms in total. The van der Waals surface area contributed by atoms with Gasteiger partial charge < -0.3 is 38.2 Å². The molecular formula is C36H46IN3O5S. The molecule has 2 unspecified atom stereocenters. The average Bonchev–Trinajstić information content (AvgIpc) is 3.54. The van der Waals surface area contributed by atoms with Crippen molar-refractivity contribution < 1.29 is 52.3 Å². The Morgan fingerprint density at radius 3 is 2.52 bits per heavy atom. The Balaban J connectivity index is 0.00000480. The summed E-state index contributed by atoms with van der Waals surface area (Å²) in [5, 5.41) is 0. The highest BCUT2D eigenvalue weighted by molar-refractivity contribution is 6.99. The molecule has 0 radical (unpaired) electrons. The number of aromatic nitrogens is 2. The van der Waals surface area contributed by atoms with Crippen LogP contribution < -0.4 is 33.5 Å². The molecule has 2 aliphatic rings. The third kappa shape index (κ3) is 9.60. The normalized spacial score (nSPS) is 19.0. The molecule has 1 fully saturated rings. The van der Waals surface area contributed by atoms with E-state index in [1.807, 2.05) is 48.5 Å². The van der Waals surface area contributed by atoms with E-state index in [9.17, 15) is 9.59 Å². The van der Waals surface area contributed by atoms with Crippen molar-refractivity contribution in [3.63, 3.8) is 0 Å². The Bertz CT molecular complexity index is 1440. The number of esters is 2. The number of rotatable bonds is 14. The molecule has 3 aromatic rings. The third-order valence-electron chi connectivity index (χ3n) is 8.91. The van der Waals surface area contributed by atoms with Crippen LogP contribution in [-0.2, 0) is 20.7 Å². The van der Waals surface area contributed by atoms with Gasteiger partial charge >= 0.3 is 11.9 Å². The van der Waals surface area contributed by atoms with Crippen molar-refractivity contribution in [3.8, 4) is 11.6 Å². The fraction of sp³-hybridized carbons (Fsp3) is 0.500. The lowest BCUT2D eigenvalue weighted by atomic mass is 9.89. The first-order valence-corrected chi connectivity index (χ1v) is 17.2. The van der Waals surface area contributed by atoms with Crippen LogP contribution in [0.25, 0.3) is 5.57 Å². The van der Waals surface area contributed by atoms with E-state index in [0.717, 1.165) is 74.7 Å². The van der Waals surface area contributed by atoms with Crippen LogP contribution in [0.1, 0.15) is 94.2 Å². The zero-order valence-corrected chi connectivity index (χ0v) is 30.0. The lowest BCUT2D eigenvalue weighted by molar-refractivity contribution is -0.953. The summed E-state index contributed by atoms with van der Waals surface area (Å²) in [5.41, 5.74) is 3.41. The predicted octanol–water partition coefficient (Wildman–Crippen LogP) is 4.71. The second kappa shape index (κ2) is 17.9. The van der Waals surface area contributed by atoms with E-state index in [2.05, 4.69) is 28.8 Å². The van der Waals surface area contributed by atoms with E-state index in [0.29, 0.717) is 34.8 Å². The van der Waals surface area contributed by atoms with Crippen molar-refractivity contribution in [1.82, 2.24) is 8.75 Å². The average molecular weight is 760 g/mol. The Morgan fingerprint density at radius 2 is 1.74 bits per heavy atom. The van der Waals surface area contributed by atoms with E-state index >= 15 is 0 Å². The van der Waals surface area contributed by atoms with E-state index in [-0.39, 0.29) is 48.3 Å². The molecule has 248 valence electrons. The number of hydrogen-bond donors (Lipinski definition) is 0. The summed E-state index contributed by atoms with van der Waals surface area (Å²) in [4.78, 5) is 26.6. The van der Waals surface area contributed by atoms with Gasteiger partial charge in [-0.1, -0.05) is 87.9 Å². The molecule has 0 bridgehead atoms. The molecular weight excluding hydrogens is 713 g/mol. The fourth-order valence-corrected chi connectivity index (χ4v) is 6.91. The maximum absolute atomic E-state index is 13.7. The van der Waals surface area contributed by atoms with Crippen LogP contribution >= 0.6 is 11.7 Å². The van der Waals surface area contributed by atoms with Gasteiger partial charge in [-0.15, -0.1) is 4.37 Å². The van der Waals surface area contributed by atoms with Crippen molar-refractivity contribution in [1.29, 1.82) is 0 Å². The minimum absolute atomic E-state index is 0. The first-order valence-electron chi connectivity index (χ1n) is 16.5. The third-order valence-corrected chi connectivity index (χ3v) is 9.42. The number of carbonyl (C=O) groups excluding carboxylic acids is 2. The van der Waals surface area contributed by atoms with Crippen LogP contribution in [0.15, 0.2) is 60.7 Å². The fourth-order valence-electron chi connectivity index (χ4n) is 6.38. The van der Waals surface area contributed by atoms with Crippen LogP contribution in [-0.4, -0.2) is 51.9 Å². The Morgan fingerprint density at radius 1 is 0.978 bits per heavy atom. The van der Waals surface area contributed by atoms with Gasteiger partial charge in [0.15, 0.2) is 0 Å². The van der Waals surface area contributed by atoms with Gasteiger partial charge in [-0.05, 0) is 37.5 Å². The minimum atomic E-state index is -0.538. The second-order valence-corrected chi connectivity index (χ2v) is 13.0. The summed E-state index contributed by atoms with van der Waals surface area (Å²) >= 11 is 1.17. The summed E-state index contributed by atoms with van der Waals surface area (Å²) in [6.45, 7) is 4.22. The summed E-state index contributed by atoms with van der Waals surface area (Å²) in [6.07, 6.45) is 12.0. The smallest absolute Gasteiger partial charge is 0.315 e. The van der Waals surface area contributed by atoms with Crippen molar-refractivity contribution in [2.24, 2.45) is 5.92 Å². The summed E-state index contributed by atoms with van der Waals surface area (Å²) < 4.78 is 27.8. The topological polar surface area (TPSA) is 87.6 Å². The van der Waals surface area contributed by atoms with Crippen LogP contribution in [0, 0.1) is 5.92 Å². The molecule has 1 aliphatic heterocycles. The number of unbranched alkanes of at least 4 members (excludes halogenated alkanes) is 3. The number of para-hydroxylation sites is 1. The van der Waals surface area contributed by atoms with Crippen molar-refractivity contribution in [3.05, 3.63) is 77.5 Å². The molecule has 1 aliphatic carbocycles. The lowest BCUT2D eigenvalue weighted by Gasteiger charge is -2.42. The Labute approximate surface area is 294 Å². The highest BCUT2D eigenvalue weighted by atomic mass is 127. The maximum Gasteiger partial charge on any atom is 0.315 e. The molecule has 2 atom stereocenters. The number of quaternary nitrogens is 1. The molecule has 10 heteroatoms. The van der Waals surface area contributed by atoms with Gasteiger partial charge in [-0.25, -0.2) is 0 Å². The van der Waals surface area contributed by atoms with Crippen LogP contribution in [0.3, 0.4) is 0 Å². The van der Waals surface area contributed by atoms with Crippen molar-refractivity contribution in [2.45, 2.75) is 83.8 Å². The van der Waals surface area contributed by atoms with E-state index in [1.54, 1.807) is 6.07 Å². The molecule has 2 aromatic carbocycles. The molecule has 0 saturated heterocycles. The van der Waals surface area contributed by atoms with Gasteiger partial charge in [0.1, 0.15) is 18.0 Å². The molecule has 0 N–H and O–H groups in total. The molecule has 5 rings (SSSR count). The quantitative estimate of drug-likeness (QED) is 0.0775. The van der Waals surface area contributed by atoms with E-state index in [4.69, 9.17) is 14.2 Å². The number of ether oxygens (including phenoxy) is 3. The zero-order valence-electron chi connectivity index (χ0n) is 27.0. The molecule has 1 aromatic heterocycles. The number of likely N-dealkylation sites (N-methyl/N-ethyl adjacent to an activating group) is 1. The molecule has 0 spiro atoms. The number of nitrogens with zero attached hydrogens (tertiary/aromatic N) is 3. The maximum atomic E-state index is 13.7. The number of halogens is 1. The van der Waals surface area contributed by atoms with Gasteiger partial charge in [0, 0.05) is 17.6 Å². The van der Waals surface area contributed by atoms with Gasteiger partial charge in [0.2, 0.25) is 0 Å². The SMILES string of the molecule is CCCCCCOc1nsnc1C1=CCC[N+](C)(C(OC(=O)Cc2ccccc2OC(=O)C2CCCCC2)c2ccccc2)C1.[I-]. The lowest BCUT2D eigenvalue weighted by Crippen LogP contribution is -3.00. The first kappa shape index (κ1) is 36.0. The summed E-state index contributed by atoms with van der Waals surface area (Å²) in [7, 11) is 2.13. The van der Waals surface area contributed by atoms with Crippen LogP contribution in [0.4, 0.5) is 0 Å². The highest BCUT2D eigenvalue weighted by Gasteiger charge is 2.40. The van der Waals surface area contributed by atoms with Gasteiger partial charge in [0.05, 0.1) is 49.8 Å². The van der Waals surface area contributed by atoms with Crippen molar-refractivity contribution in [2.75, 3.05) is 26.7 Å². The first-order chi connectivity index (χ1) is 22.0. The molecule has 1 saturated carbocycles. The monoisotopic (exact) mass is 759 g/mol. The van der Waals surface area contributed by atoms with E-state index in [1.165, 1.54) is 24.6 Å². The number of benzene rings is 2. The minimum Gasteiger partial charge on any atom is -1.00 e. The highest BCUT2D eigenvalue weighted by Crippen LogP contribution is 2.37. The van der Waals surface area contributed by atoms with Crippen molar-refractivity contribution >= 4 is 29.2 Å². The van der Waals surface area contributed by atoms with Gasteiger partial charge in [-0.3, -0.25) is 14.1 Å². The van der Waals surface area contributed by atoms with Crippen LogP contribution in [0.2, 0.25) is 0 Å². The standard InChI is InChI=1S/C36H46N3O5S.HI/c1-3-4-5-14-24-42-34-33(37-45-38-34)30-21-15-23-39(2,26-30)35(27-16-8-6-9-17-27)44-32(40)25-29-20-12-13-22-31(29)43-36(41)28-18-10-7-11-19-28;/h6,8-9,12-13,16-17,20-22,28,35H,3-5,7,10-11,14-15,18-19,23-26H2,1-2H3;1H/q+1;/p-1. The zero-order chi connectivity index (χ0) is 31.5. The van der Waals surface area contributed by atoms with Gasteiger partial charge in [-0.2, -0.15) is 4.37 Å². The van der Waals surface area contributed by atoms with E-state index < -0.39 is 6.23 Å². The number of hydrogen-bond acceptors (Lipinski definition) is 8. The number of carbonyl (C=O) groups is 2. The predicted molar refractivity (Wildman–Crippen MR) is 176 cm³/mol. The summed E-state index contributed by atoms with van der Waals surface area (Å²) in [5.74, 6) is 0.370.